The predicted octanol–water partition coefficient (Wildman–Crippen LogP) is 5.26. The van der Waals surface area contributed by atoms with Crippen LogP contribution in [0, 0.1) is 12.7 Å². The SMILES string of the molecule is Cc1nc2ccccn2c1C(O)=C1C(=O)C(=O)N(c2nnc(SCc3ccccc3F)s2)C1c1cccc(O)c1. The fraction of sp³-hybridized carbons (Fsp3) is 0.107. The van der Waals surface area contributed by atoms with Crippen molar-refractivity contribution in [2.45, 2.75) is 23.1 Å². The number of aryl methyl sites for hydroxylation is 1. The summed E-state index contributed by atoms with van der Waals surface area (Å²) in [6, 6.07) is 16.7. The molecule has 2 aromatic carbocycles. The van der Waals surface area contributed by atoms with Gasteiger partial charge in [-0.15, -0.1) is 10.2 Å². The number of fused-ring (bicyclic) bond motifs is 1. The van der Waals surface area contributed by atoms with Crippen molar-refractivity contribution in [2.75, 3.05) is 4.90 Å². The first-order valence-corrected chi connectivity index (χ1v) is 13.9. The number of carbonyl (C=O) groups excluding carboxylic acids is 2. The van der Waals surface area contributed by atoms with E-state index < -0.39 is 23.5 Å². The lowest BCUT2D eigenvalue weighted by Gasteiger charge is -2.22. The van der Waals surface area contributed by atoms with Crippen LogP contribution in [0.1, 0.15) is 28.6 Å². The van der Waals surface area contributed by atoms with E-state index >= 15 is 0 Å². The van der Waals surface area contributed by atoms with Crippen molar-refractivity contribution in [1.82, 2.24) is 19.6 Å². The summed E-state index contributed by atoms with van der Waals surface area (Å²) in [6.45, 7) is 1.70. The first kappa shape index (κ1) is 25.7. The number of hydrogen-bond donors (Lipinski definition) is 2. The molecule has 0 spiro atoms. The van der Waals surface area contributed by atoms with E-state index in [1.165, 1.54) is 34.9 Å². The van der Waals surface area contributed by atoms with Crippen LogP contribution in [-0.4, -0.2) is 41.5 Å². The summed E-state index contributed by atoms with van der Waals surface area (Å²) < 4.78 is 16.2. The van der Waals surface area contributed by atoms with Crippen molar-refractivity contribution in [3.63, 3.8) is 0 Å². The molecule has 0 bridgehead atoms. The topological polar surface area (TPSA) is 121 Å². The maximum absolute atomic E-state index is 14.1. The molecule has 40 heavy (non-hydrogen) atoms. The monoisotopic (exact) mass is 573 g/mol. The predicted molar refractivity (Wildman–Crippen MR) is 149 cm³/mol. The Bertz CT molecular complexity index is 1830. The number of imidazole rings is 1. The molecule has 2 N–H and O–H groups in total. The van der Waals surface area contributed by atoms with Gasteiger partial charge in [0.2, 0.25) is 5.13 Å². The molecule has 3 aromatic heterocycles. The minimum atomic E-state index is -1.10. The largest absolute Gasteiger partial charge is 0.508 e. The van der Waals surface area contributed by atoms with Crippen molar-refractivity contribution in [3.8, 4) is 5.75 Å². The molecule has 6 rings (SSSR count). The fourth-order valence-corrected chi connectivity index (χ4v) is 6.53. The molecule has 4 heterocycles. The smallest absolute Gasteiger partial charge is 0.301 e. The molecule has 0 radical (unpaired) electrons. The number of nitrogens with zero attached hydrogens (tertiary/aromatic N) is 5. The molecule has 0 saturated carbocycles. The van der Waals surface area contributed by atoms with Crippen LogP contribution in [0.5, 0.6) is 5.75 Å². The lowest BCUT2D eigenvalue weighted by atomic mass is 9.96. The maximum atomic E-state index is 14.1. The molecule has 1 amide bonds. The zero-order chi connectivity index (χ0) is 28.0. The van der Waals surface area contributed by atoms with Crippen LogP contribution in [0.15, 0.2) is 82.8 Å². The number of hydrogen-bond acceptors (Lipinski definition) is 9. The van der Waals surface area contributed by atoms with E-state index in [2.05, 4.69) is 15.2 Å². The Morgan fingerprint density at radius 1 is 1.07 bits per heavy atom. The number of thioether (sulfide) groups is 1. The standard InChI is InChI=1S/C28H20FN5O4S2/c1-15-22(33-12-5-4-11-20(33)30-15)24(36)21-23(16-8-6-9-18(35)13-16)34(26(38)25(21)37)27-31-32-28(40-27)39-14-17-7-2-3-10-19(17)29/h2-13,23,35-36H,14H2,1H3. The third-order valence-electron chi connectivity index (χ3n) is 6.47. The quantitative estimate of drug-likeness (QED) is 0.0928. The van der Waals surface area contributed by atoms with Crippen LogP contribution in [0.2, 0.25) is 0 Å². The number of phenolic OH excluding ortho intramolecular Hbond substituents is 1. The van der Waals surface area contributed by atoms with Crippen molar-refractivity contribution in [1.29, 1.82) is 0 Å². The van der Waals surface area contributed by atoms with Gasteiger partial charge in [0.15, 0.2) is 10.1 Å². The number of aromatic hydroxyl groups is 1. The zero-order valence-electron chi connectivity index (χ0n) is 20.9. The highest BCUT2D eigenvalue weighted by Crippen LogP contribution is 2.44. The van der Waals surface area contributed by atoms with Gasteiger partial charge in [-0.1, -0.05) is 59.5 Å². The number of pyridine rings is 1. The first-order valence-electron chi connectivity index (χ1n) is 12.1. The molecule has 9 nitrogen and oxygen atoms in total. The number of carbonyl (C=O) groups is 2. The summed E-state index contributed by atoms with van der Waals surface area (Å²) in [5, 5.41) is 30.2. The number of phenols is 1. The van der Waals surface area contributed by atoms with Crippen LogP contribution >= 0.6 is 23.1 Å². The number of rotatable bonds is 6. The second-order valence-electron chi connectivity index (χ2n) is 8.97. The first-order chi connectivity index (χ1) is 19.3. The second-order valence-corrected chi connectivity index (χ2v) is 11.1. The van der Waals surface area contributed by atoms with Crippen LogP contribution in [0.25, 0.3) is 11.4 Å². The van der Waals surface area contributed by atoms with Gasteiger partial charge < -0.3 is 10.2 Å². The summed E-state index contributed by atoms with van der Waals surface area (Å²) in [5.74, 6) is -2.33. The van der Waals surface area contributed by atoms with E-state index in [-0.39, 0.29) is 28.0 Å². The highest BCUT2D eigenvalue weighted by Gasteiger charge is 2.49. The van der Waals surface area contributed by atoms with Gasteiger partial charge in [0, 0.05) is 11.9 Å². The Hall–Kier alpha value is -4.55. The fourth-order valence-electron chi connectivity index (χ4n) is 4.68. The number of anilines is 1. The summed E-state index contributed by atoms with van der Waals surface area (Å²) in [4.78, 5) is 32.6. The lowest BCUT2D eigenvalue weighted by Crippen LogP contribution is -2.29. The van der Waals surface area contributed by atoms with E-state index in [4.69, 9.17) is 0 Å². The van der Waals surface area contributed by atoms with E-state index in [0.717, 1.165) is 11.3 Å². The molecule has 0 aliphatic carbocycles. The number of aromatic nitrogens is 4. The van der Waals surface area contributed by atoms with Crippen LogP contribution in [0.3, 0.4) is 0 Å². The average molecular weight is 574 g/mol. The van der Waals surface area contributed by atoms with E-state index in [1.54, 1.807) is 66.1 Å². The van der Waals surface area contributed by atoms with Gasteiger partial charge in [0.1, 0.15) is 22.9 Å². The normalized spacial score (nSPS) is 16.8. The molecular weight excluding hydrogens is 553 g/mol. The van der Waals surface area contributed by atoms with E-state index in [0.29, 0.717) is 32.6 Å². The maximum Gasteiger partial charge on any atom is 0.301 e. The number of ketones is 1. The number of benzene rings is 2. The number of aliphatic hydroxyl groups is 1. The highest BCUT2D eigenvalue weighted by molar-refractivity contribution is 8.00. The van der Waals surface area contributed by atoms with E-state index in [9.17, 15) is 24.2 Å². The van der Waals surface area contributed by atoms with Crippen LogP contribution in [0.4, 0.5) is 9.52 Å². The molecule has 1 aliphatic heterocycles. The molecule has 12 heteroatoms. The van der Waals surface area contributed by atoms with Gasteiger partial charge in [0.05, 0.1) is 17.3 Å². The van der Waals surface area contributed by atoms with Crippen molar-refractivity contribution in [3.05, 3.63) is 107 Å². The third-order valence-corrected chi connectivity index (χ3v) is 8.57. The van der Waals surface area contributed by atoms with Gasteiger partial charge in [-0.3, -0.25) is 18.9 Å². The molecule has 200 valence electrons. The van der Waals surface area contributed by atoms with Crippen LogP contribution in [-0.2, 0) is 15.3 Å². The molecule has 1 unspecified atom stereocenters. The van der Waals surface area contributed by atoms with Gasteiger partial charge in [-0.05, 0) is 48.4 Å². The Morgan fingerprint density at radius 3 is 2.67 bits per heavy atom. The van der Waals surface area contributed by atoms with Crippen molar-refractivity contribution in [2.24, 2.45) is 0 Å². The number of amides is 1. The van der Waals surface area contributed by atoms with Crippen molar-refractivity contribution < 1.29 is 24.2 Å². The number of halogens is 1. The van der Waals surface area contributed by atoms with Gasteiger partial charge in [-0.25, -0.2) is 9.37 Å². The number of aliphatic hydroxyl groups excluding tert-OH is 1. The minimum Gasteiger partial charge on any atom is -0.508 e. The molecule has 5 aromatic rings. The molecule has 1 fully saturated rings. The zero-order valence-corrected chi connectivity index (χ0v) is 22.5. The number of Topliss-reactive ketones (excluding diaryl/α,β-unsaturated/α-hetero) is 1. The summed E-state index contributed by atoms with van der Waals surface area (Å²) >= 11 is 2.31. The van der Waals surface area contributed by atoms with Gasteiger partial charge in [0.25, 0.3) is 5.78 Å². The van der Waals surface area contributed by atoms with E-state index in [1.807, 2.05) is 0 Å². The average Bonchev–Trinajstić information content (AvgIpc) is 3.61. The van der Waals surface area contributed by atoms with Gasteiger partial charge in [-0.2, -0.15) is 0 Å². The molecule has 1 aliphatic rings. The van der Waals surface area contributed by atoms with Gasteiger partial charge >= 0.3 is 5.91 Å². The Labute approximate surface area is 235 Å². The second kappa shape index (κ2) is 10.2. The minimum absolute atomic E-state index is 0.0764. The third kappa shape index (κ3) is 4.40. The Balaban J connectivity index is 1.45. The summed E-state index contributed by atoms with van der Waals surface area (Å²) in [7, 11) is 0. The molecule has 1 atom stereocenters. The molecular formula is C28H20FN5O4S2. The highest BCUT2D eigenvalue weighted by atomic mass is 32.2. The van der Waals surface area contributed by atoms with Crippen LogP contribution < -0.4 is 4.90 Å². The Morgan fingerprint density at radius 2 is 1.88 bits per heavy atom. The molecule has 1 saturated heterocycles. The summed E-state index contributed by atoms with van der Waals surface area (Å²) in [6.07, 6.45) is 1.70. The summed E-state index contributed by atoms with van der Waals surface area (Å²) in [5.41, 5.74) is 2.02. The van der Waals surface area contributed by atoms with Crippen molar-refractivity contribution >= 4 is 51.3 Å². The Kier molecular flexibility index (Phi) is 6.56. The lowest BCUT2D eigenvalue weighted by molar-refractivity contribution is -0.132.